The standard InChI is InChI=1S/C21H20N6O3/c1-29-15-8-14(9-15)27-12-17(20(26-27)16-4-2-3-7-22-16)25-21(28)19-6-5-18(30-19)13-10-23-24-11-13/h2-7,10-12,14-15H,8-9H2,1H3,(H,23,24)(H,25,28)/t14-,15-. The first kappa shape index (κ1) is 18.3. The van der Waals surface area contributed by atoms with E-state index in [-0.39, 0.29) is 23.8 Å². The highest BCUT2D eigenvalue weighted by Crippen LogP contribution is 2.36. The second-order valence-electron chi connectivity index (χ2n) is 7.17. The third kappa shape index (κ3) is 3.39. The van der Waals surface area contributed by atoms with Gasteiger partial charge in [0, 0.05) is 25.7 Å². The van der Waals surface area contributed by atoms with Crippen molar-refractivity contribution in [1.29, 1.82) is 0 Å². The summed E-state index contributed by atoms with van der Waals surface area (Å²) in [6.07, 6.45) is 8.91. The second kappa shape index (κ2) is 7.60. The van der Waals surface area contributed by atoms with Gasteiger partial charge in [-0.3, -0.25) is 19.6 Å². The van der Waals surface area contributed by atoms with Gasteiger partial charge in [-0.15, -0.1) is 0 Å². The van der Waals surface area contributed by atoms with Crippen LogP contribution in [0, 0.1) is 0 Å². The summed E-state index contributed by atoms with van der Waals surface area (Å²) in [5.74, 6) is 0.411. The van der Waals surface area contributed by atoms with E-state index < -0.39 is 0 Å². The van der Waals surface area contributed by atoms with Gasteiger partial charge in [-0.05, 0) is 37.1 Å². The van der Waals surface area contributed by atoms with Gasteiger partial charge < -0.3 is 14.5 Å². The molecule has 0 atom stereocenters. The lowest BCUT2D eigenvalue weighted by molar-refractivity contribution is 0.00256. The number of carbonyl (C=O) groups is 1. The van der Waals surface area contributed by atoms with Crippen molar-refractivity contribution in [3.63, 3.8) is 0 Å². The van der Waals surface area contributed by atoms with Crippen molar-refractivity contribution >= 4 is 11.6 Å². The molecular formula is C21H20N6O3. The molecule has 0 aromatic carbocycles. The van der Waals surface area contributed by atoms with Gasteiger partial charge in [-0.25, -0.2) is 0 Å². The molecule has 1 aliphatic carbocycles. The van der Waals surface area contributed by atoms with E-state index in [0.717, 1.165) is 18.4 Å². The summed E-state index contributed by atoms with van der Waals surface area (Å²) in [6, 6.07) is 9.21. The molecule has 30 heavy (non-hydrogen) atoms. The van der Waals surface area contributed by atoms with Crippen molar-refractivity contribution in [2.24, 2.45) is 0 Å². The van der Waals surface area contributed by atoms with Crippen molar-refractivity contribution < 1.29 is 13.9 Å². The van der Waals surface area contributed by atoms with Crippen LogP contribution in [-0.4, -0.2) is 44.1 Å². The monoisotopic (exact) mass is 404 g/mol. The van der Waals surface area contributed by atoms with Crippen LogP contribution in [0.25, 0.3) is 22.7 Å². The van der Waals surface area contributed by atoms with E-state index in [0.29, 0.717) is 22.8 Å². The van der Waals surface area contributed by atoms with Crippen LogP contribution in [-0.2, 0) is 4.74 Å². The first-order valence-electron chi connectivity index (χ1n) is 9.65. The predicted molar refractivity (Wildman–Crippen MR) is 109 cm³/mol. The van der Waals surface area contributed by atoms with Crippen LogP contribution in [0.4, 0.5) is 5.69 Å². The molecule has 5 rings (SSSR count). The van der Waals surface area contributed by atoms with Crippen LogP contribution in [0.2, 0.25) is 0 Å². The fraction of sp³-hybridized carbons (Fsp3) is 0.238. The molecule has 1 saturated carbocycles. The molecule has 1 fully saturated rings. The quantitative estimate of drug-likeness (QED) is 0.509. The Morgan fingerprint density at radius 2 is 2.20 bits per heavy atom. The molecular weight excluding hydrogens is 384 g/mol. The molecule has 1 aliphatic rings. The Labute approximate surface area is 172 Å². The molecule has 2 N–H and O–H groups in total. The molecule has 9 nitrogen and oxygen atoms in total. The number of aromatic nitrogens is 5. The molecule has 4 heterocycles. The maximum atomic E-state index is 12.8. The zero-order chi connectivity index (χ0) is 20.5. The molecule has 9 heteroatoms. The van der Waals surface area contributed by atoms with E-state index in [1.807, 2.05) is 29.1 Å². The molecule has 0 unspecified atom stereocenters. The first-order valence-corrected chi connectivity index (χ1v) is 9.65. The number of amides is 1. The zero-order valence-corrected chi connectivity index (χ0v) is 16.3. The predicted octanol–water partition coefficient (Wildman–Crippen LogP) is 3.53. The number of carbonyl (C=O) groups excluding carboxylic acids is 1. The highest BCUT2D eigenvalue weighted by atomic mass is 16.5. The van der Waals surface area contributed by atoms with Crippen LogP contribution in [0.5, 0.6) is 0 Å². The fourth-order valence-corrected chi connectivity index (χ4v) is 3.49. The second-order valence-corrected chi connectivity index (χ2v) is 7.17. The van der Waals surface area contributed by atoms with Crippen LogP contribution in [0.1, 0.15) is 29.4 Å². The normalized spacial score (nSPS) is 18.2. The smallest absolute Gasteiger partial charge is 0.291 e. The van der Waals surface area contributed by atoms with E-state index in [4.69, 9.17) is 14.3 Å². The van der Waals surface area contributed by atoms with Crippen LogP contribution < -0.4 is 5.32 Å². The first-order chi connectivity index (χ1) is 14.7. The van der Waals surface area contributed by atoms with Crippen molar-refractivity contribution in [3.05, 3.63) is 60.9 Å². The molecule has 152 valence electrons. The molecule has 1 amide bonds. The fourth-order valence-electron chi connectivity index (χ4n) is 3.49. The molecule has 0 saturated heterocycles. The van der Waals surface area contributed by atoms with Crippen LogP contribution in [0.3, 0.4) is 0 Å². The summed E-state index contributed by atoms with van der Waals surface area (Å²) in [5, 5.41) is 14.3. The summed E-state index contributed by atoms with van der Waals surface area (Å²) in [6.45, 7) is 0. The Kier molecular flexibility index (Phi) is 4.64. The van der Waals surface area contributed by atoms with E-state index in [9.17, 15) is 4.79 Å². The van der Waals surface area contributed by atoms with Crippen molar-refractivity contribution in [1.82, 2.24) is 25.0 Å². The lowest BCUT2D eigenvalue weighted by Crippen LogP contribution is -2.32. The molecule has 0 bridgehead atoms. The summed E-state index contributed by atoms with van der Waals surface area (Å²) in [4.78, 5) is 17.2. The Morgan fingerprint density at radius 3 is 2.93 bits per heavy atom. The van der Waals surface area contributed by atoms with Gasteiger partial charge in [-0.2, -0.15) is 10.2 Å². The van der Waals surface area contributed by atoms with Gasteiger partial charge in [0.05, 0.1) is 35.3 Å². The summed E-state index contributed by atoms with van der Waals surface area (Å²) >= 11 is 0. The number of anilines is 1. The van der Waals surface area contributed by atoms with E-state index in [2.05, 4.69) is 20.5 Å². The van der Waals surface area contributed by atoms with E-state index in [1.165, 1.54) is 0 Å². The minimum atomic E-state index is -0.357. The van der Waals surface area contributed by atoms with Gasteiger partial charge in [0.1, 0.15) is 11.5 Å². The molecule has 4 aromatic rings. The van der Waals surface area contributed by atoms with Gasteiger partial charge in [0.15, 0.2) is 5.76 Å². The average Bonchev–Trinajstić information content (AvgIpc) is 3.48. The third-order valence-electron chi connectivity index (χ3n) is 5.28. The number of ether oxygens (including phenoxy) is 1. The topological polar surface area (TPSA) is 111 Å². The van der Waals surface area contributed by atoms with Gasteiger partial charge in [0.25, 0.3) is 5.91 Å². The minimum absolute atomic E-state index is 0.203. The number of nitrogens with zero attached hydrogens (tertiary/aromatic N) is 4. The summed E-state index contributed by atoms with van der Waals surface area (Å²) in [5.41, 5.74) is 2.66. The zero-order valence-electron chi connectivity index (χ0n) is 16.3. The number of pyridine rings is 1. The van der Waals surface area contributed by atoms with Crippen LogP contribution in [0.15, 0.2) is 59.5 Å². The van der Waals surface area contributed by atoms with Crippen molar-refractivity contribution in [3.8, 4) is 22.7 Å². The highest BCUT2D eigenvalue weighted by Gasteiger charge is 2.32. The van der Waals surface area contributed by atoms with Gasteiger partial charge in [0.2, 0.25) is 0 Å². The van der Waals surface area contributed by atoms with Crippen molar-refractivity contribution in [2.45, 2.75) is 25.0 Å². The van der Waals surface area contributed by atoms with E-state index in [1.54, 1.807) is 37.8 Å². The number of nitrogens with one attached hydrogen (secondary N) is 2. The minimum Gasteiger partial charge on any atom is -0.451 e. The lowest BCUT2D eigenvalue weighted by atomic mass is 9.89. The molecule has 0 radical (unpaired) electrons. The Bertz CT molecular complexity index is 1140. The Balaban J connectivity index is 1.41. The maximum Gasteiger partial charge on any atom is 0.291 e. The number of aromatic amines is 1. The average molecular weight is 404 g/mol. The maximum absolute atomic E-state index is 12.8. The number of methoxy groups -OCH3 is 1. The number of hydrogen-bond acceptors (Lipinski definition) is 6. The number of furan rings is 1. The molecule has 0 spiro atoms. The highest BCUT2D eigenvalue weighted by molar-refractivity contribution is 6.04. The molecule has 4 aromatic heterocycles. The van der Waals surface area contributed by atoms with Gasteiger partial charge >= 0.3 is 0 Å². The van der Waals surface area contributed by atoms with Crippen molar-refractivity contribution in [2.75, 3.05) is 12.4 Å². The SMILES string of the molecule is CO[C@H]1C[C@H](n2cc(NC(=O)c3ccc(-c4cn[nH]c4)o3)c(-c3ccccn3)n2)C1. The lowest BCUT2D eigenvalue weighted by Gasteiger charge is -2.34. The summed E-state index contributed by atoms with van der Waals surface area (Å²) in [7, 11) is 1.72. The summed E-state index contributed by atoms with van der Waals surface area (Å²) < 4.78 is 12.9. The number of hydrogen-bond donors (Lipinski definition) is 2. The largest absolute Gasteiger partial charge is 0.451 e. The number of H-pyrrole nitrogens is 1. The van der Waals surface area contributed by atoms with Gasteiger partial charge in [-0.1, -0.05) is 6.07 Å². The Morgan fingerprint density at radius 1 is 1.30 bits per heavy atom. The Hall–Kier alpha value is -3.72. The van der Waals surface area contributed by atoms with E-state index >= 15 is 0 Å². The molecule has 0 aliphatic heterocycles. The third-order valence-corrected chi connectivity index (χ3v) is 5.28. The van der Waals surface area contributed by atoms with Crippen LogP contribution >= 0.6 is 0 Å². The number of rotatable bonds is 6.